The number of hydrogen-bond acceptors (Lipinski definition) is 2. The fourth-order valence-corrected chi connectivity index (χ4v) is 1.76. The fourth-order valence-electron chi connectivity index (χ4n) is 1.76. The molecule has 0 atom stereocenters. The number of aryl methyl sites for hydroxylation is 1. The topological polar surface area (TPSA) is 35.2 Å². The highest BCUT2D eigenvalue weighted by Gasteiger charge is 2.05. The molecular formula is C17H15F2NO. The van der Waals surface area contributed by atoms with Crippen molar-refractivity contribution >= 4 is 0 Å². The molecule has 21 heavy (non-hydrogen) atoms. The molecule has 0 aliphatic rings. The van der Waals surface area contributed by atoms with Gasteiger partial charge in [-0.3, -0.25) is 0 Å². The monoisotopic (exact) mass is 287 g/mol. The van der Waals surface area contributed by atoms with Gasteiger partial charge in [-0.05, 0) is 42.8 Å². The van der Waals surface area contributed by atoms with E-state index in [1.165, 1.54) is 18.2 Å². The Hall–Kier alpha value is -2.38. The third-order valence-corrected chi connectivity index (χ3v) is 2.91. The first-order valence-corrected chi connectivity index (χ1v) is 6.46. The molecule has 0 saturated carbocycles. The maximum atomic E-state index is 13.9. The van der Waals surface area contributed by atoms with E-state index in [4.69, 9.17) is 10.5 Å². The van der Waals surface area contributed by atoms with Gasteiger partial charge in [0.25, 0.3) is 0 Å². The summed E-state index contributed by atoms with van der Waals surface area (Å²) in [5, 5.41) is 0. The van der Waals surface area contributed by atoms with E-state index >= 15 is 0 Å². The number of ether oxygens (including phenoxy) is 1. The van der Waals surface area contributed by atoms with Gasteiger partial charge in [0.05, 0.1) is 6.54 Å². The minimum absolute atomic E-state index is 0.0709. The van der Waals surface area contributed by atoms with Crippen LogP contribution >= 0.6 is 0 Å². The second-order valence-corrected chi connectivity index (χ2v) is 4.51. The van der Waals surface area contributed by atoms with Crippen LogP contribution in [0.3, 0.4) is 0 Å². The molecule has 0 radical (unpaired) electrons. The number of halogens is 2. The maximum absolute atomic E-state index is 13.9. The summed E-state index contributed by atoms with van der Waals surface area (Å²) in [6.07, 6.45) is 0. The SMILES string of the molecule is Cc1cc(OCc2ccc(C#CCN)cc2F)ccc1F. The molecule has 0 spiro atoms. The molecule has 2 N–H and O–H groups in total. The largest absolute Gasteiger partial charge is 0.489 e. The molecule has 0 fully saturated rings. The Labute approximate surface area is 122 Å². The van der Waals surface area contributed by atoms with Gasteiger partial charge in [-0.1, -0.05) is 17.9 Å². The summed E-state index contributed by atoms with van der Waals surface area (Å²) in [6.45, 7) is 1.95. The van der Waals surface area contributed by atoms with Crippen LogP contribution in [0.2, 0.25) is 0 Å². The quantitative estimate of drug-likeness (QED) is 0.880. The zero-order chi connectivity index (χ0) is 15.2. The Morgan fingerprint density at radius 2 is 1.90 bits per heavy atom. The summed E-state index contributed by atoms with van der Waals surface area (Å²) in [7, 11) is 0. The Kier molecular flexibility index (Phi) is 4.91. The molecule has 0 saturated heterocycles. The average Bonchev–Trinajstić information content (AvgIpc) is 2.47. The summed E-state index contributed by atoms with van der Waals surface area (Å²) >= 11 is 0. The van der Waals surface area contributed by atoms with Crippen LogP contribution in [0.15, 0.2) is 36.4 Å². The Morgan fingerprint density at radius 3 is 2.57 bits per heavy atom. The van der Waals surface area contributed by atoms with Gasteiger partial charge in [0, 0.05) is 11.1 Å². The normalized spacial score (nSPS) is 9.90. The summed E-state index contributed by atoms with van der Waals surface area (Å²) in [5.41, 5.74) is 6.73. The fraction of sp³-hybridized carbons (Fsp3) is 0.176. The molecule has 2 aromatic rings. The van der Waals surface area contributed by atoms with Gasteiger partial charge in [-0.15, -0.1) is 0 Å². The number of rotatable bonds is 3. The Balaban J connectivity index is 2.07. The second kappa shape index (κ2) is 6.87. The highest BCUT2D eigenvalue weighted by atomic mass is 19.1. The van der Waals surface area contributed by atoms with Crippen molar-refractivity contribution in [1.82, 2.24) is 0 Å². The molecule has 2 rings (SSSR count). The Morgan fingerprint density at radius 1 is 1.10 bits per heavy atom. The lowest BCUT2D eigenvalue weighted by Gasteiger charge is -2.08. The lowest BCUT2D eigenvalue weighted by Crippen LogP contribution is -2.00. The molecule has 0 aromatic heterocycles. The van der Waals surface area contributed by atoms with Crippen molar-refractivity contribution in [3.8, 4) is 17.6 Å². The minimum Gasteiger partial charge on any atom is -0.489 e. The molecule has 0 aliphatic carbocycles. The molecule has 0 heterocycles. The van der Waals surface area contributed by atoms with Gasteiger partial charge in [0.2, 0.25) is 0 Å². The van der Waals surface area contributed by atoms with Crippen LogP contribution in [0.4, 0.5) is 8.78 Å². The number of nitrogens with two attached hydrogens (primary N) is 1. The van der Waals surface area contributed by atoms with E-state index in [2.05, 4.69) is 11.8 Å². The zero-order valence-electron chi connectivity index (χ0n) is 11.6. The lowest BCUT2D eigenvalue weighted by molar-refractivity contribution is 0.299. The van der Waals surface area contributed by atoms with Crippen LogP contribution in [0, 0.1) is 30.4 Å². The molecule has 0 amide bonds. The molecule has 0 bridgehead atoms. The van der Waals surface area contributed by atoms with Gasteiger partial charge in [-0.25, -0.2) is 8.78 Å². The van der Waals surface area contributed by atoms with Gasteiger partial charge in [-0.2, -0.15) is 0 Å². The van der Waals surface area contributed by atoms with E-state index in [0.29, 0.717) is 22.4 Å². The second-order valence-electron chi connectivity index (χ2n) is 4.51. The van der Waals surface area contributed by atoms with Crippen LogP contribution in [0.5, 0.6) is 5.75 Å². The van der Waals surface area contributed by atoms with E-state index in [0.717, 1.165) is 0 Å². The predicted molar refractivity (Wildman–Crippen MR) is 77.8 cm³/mol. The molecular weight excluding hydrogens is 272 g/mol. The van der Waals surface area contributed by atoms with Crippen LogP contribution in [-0.2, 0) is 6.61 Å². The molecule has 0 unspecified atom stereocenters. The summed E-state index contributed by atoms with van der Waals surface area (Å²) < 4.78 is 32.5. The van der Waals surface area contributed by atoms with E-state index in [9.17, 15) is 8.78 Å². The van der Waals surface area contributed by atoms with Gasteiger partial charge in [0.1, 0.15) is 24.0 Å². The number of hydrogen-bond donors (Lipinski definition) is 1. The van der Waals surface area contributed by atoms with Crippen LogP contribution < -0.4 is 10.5 Å². The molecule has 0 aliphatic heterocycles. The average molecular weight is 287 g/mol. The van der Waals surface area contributed by atoms with Crippen LogP contribution in [0.1, 0.15) is 16.7 Å². The van der Waals surface area contributed by atoms with E-state index < -0.39 is 5.82 Å². The predicted octanol–water partition coefficient (Wildman–Crippen LogP) is 3.16. The van der Waals surface area contributed by atoms with Crippen molar-refractivity contribution < 1.29 is 13.5 Å². The summed E-state index contributed by atoms with van der Waals surface area (Å²) in [4.78, 5) is 0. The van der Waals surface area contributed by atoms with Crippen molar-refractivity contribution in [2.45, 2.75) is 13.5 Å². The molecule has 108 valence electrons. The molecule has 2 aromatic carbocycles. The highest BCUT2D eigenvalue weighted by Crippen LogP contribution is 2.18. The van der Waals surface area contributed by atoms with Gasteiger partial charge in [0.15, 0.2) is 0 Å². The molecule has 2 nitrogen and oxygen atoms in total. The van der Waals surface area contributed by atoms with Gasteiger partial charge >= 0.3 is 0 Å². The first-order chi connectivity index (χ1) is 10.1. The van der Waals surface area contributed by atoms with Crippen molar-refractivity contribution in [3.63, 3.8) is 0 Å². The highest BCUT2D eigenvalue weighted by molar-refractivity contribution is 5.37. The van der Waals surface area contributed by atoms with Crippen molar-refractivity contribution in [3.05, 3.63) is 64.7 Å². The first-order valence-electron chi connectivity index (χ1n) is 6.46. The molecule has 4 heteroatoms. The third kappa shape index (κ3) is 4.04. The minimum atomic E-state index is -0.391. The third-order valence-electron chi connectivity index (χ3n) is 2.91. The van der Waals surface area contributed by atoms with Crippen LogP contribution in [0.25, 0.3) is 0 Å². The summed E-state index contributed by atoms with van der Waals surface area (Å²) in [5.74, 6) is 5.24. The maximum Gasteiger partial charge on any atom is 0.131 e. The van der Waals surface area contributed by atoms with E-state index in [-0.39, 0.29) is 19.0 Å². The Bertz CT molecular complexity index is 702. The van der Waals surface area contributed by atoms with Crippen molar-refractivity contribution in [1.29, 1.82) is 0 Å². The van der Waals surface area contributed by atoms with Crippen molar-refractivity contribution in [2.24, 2.45) is 5.73 Å². The zero-order valence-corrected chi connectivity index (χ0v) is 11.6. The lowest BCUT2D eigenvalue weighted by atomic mass is 10.1. The summed E-state index contributed by atoms with van der Waals surface area (Å²) in [6, 6.07) is 9.09. The smallest absolute Gasteiger partial charge is 0.131 e. The first kappa shape index (κ1) is 15.0. The number of benzene rings is 2. The van der Waals surface area contributed by atoms with E-state index in [1.807, 2.05) is 0 Å². The van der Waals surface area contributed by atoms with Gasteiger partial charge < -0.3 is 10.5 Å². The van der Waals surface area contributed by atoms with E-state index in [1.54, 1.807) is 25.1 Å². The van der Waals surface area contributed by atoms with Crippen molar-refractivity contribution in [2.75, 3.05) is 6.54 Å². The standard InChI is InChI=1S/C17H15F2NO/c1-12-9-15(6-7-16(12)18)21-11-14-5-4-13(3-2-8-20)10-17(14)19/h4-7,9-10H,8,11,20H2,1H3. The van der Waals surface area contributed by atoms with Crippen LogP contribution in [-0.4, -0.2) is 6.54 Å².